The highest BCUT2D eigenvalue weighted by Crippen LogP contribution is 2.14. The Morgan fingerprint density at radius 2 is 1.62 bits per heavy atom. The molecule has 1 saturated heterocycles. The first-order chi connectivity index (χ1) is 15.3. The number of hydrogen-bond donors (Lipinski definition) is 2. The van der Waals surface area contributed by atoms with Gasteiger partial charge in [0.25, 0.3) is 0 Å². The van der Waals surface area contributed by atoms with Crippen LogP contribution in [0.3, 0.4) is 0 Å². The van der Waals surface area contributed by atoms with E-state index in [9.17, 15) is 13.2 Å². The second-order valence-corrected chi connectivity index (χ2v) is 10.2. The van der Waals surface area contributed by atoms with E-state index in [1.54, 1.807) is 0 Å². The molecule has 1 aliphatic rings. The summed E-state index contributed by atoms with van der Waals surface area (Å²) in [6.07, 6.45) is 0.821. The van der Waals surface area contributed by atoms with E-state index in [4.69, 9.17) is 11.6 Å². The van der Waals surface area contributed by atoms with Crippen LogP contribution < -0.4 is 10.0 Å². The Bertz CT molecular complexity index is 962. The van der Waals surface area contributed by atoms with Crippen molar-refractivity contribution in [3.8, 4) is 0 Å². The summed E-state index contributed by atoms with van der Waals surface area (Å²) in [5.41, 5.74) is 1.34. The van der Waals surface area contributed by atoms with Gasteiger partial charge in [0, 0.05) is 44.3 Å². The highest BCUT2D eigenvalue weighted by molar-refractivity contribution is 7.89. The van der Waals surface area contributed by atoms with Crippen LogP contribution in [-0.4, -0.2) is 69.4 Å². The van der Waals surface area contributed by atoms with Gasteiger partial charge < -0.3 is 10.2 Å². The summed E-state index contributed by atoms with van der Waals surface area (Å²) in [6.45, 7) is 8.02. The lowest BCUT2D eigenvalue weighted by Gasteiger charge is -2.34. The Hall–Kier alpha value is -1.97. The van der Waals surface area contributed by atoms with E-state index < -0.39 is 16.1 Å². The molecular weight excluding hydrogens is 448 g/mol. The zero-order valence-corrected chi connectivity index (χ0v) is 19.9. The topological polar surface area (TPSA) is 81.7 Å². The van der Waals surface area contributed by atoms with Crippen LogP contribution in [0.15, 0.2) is 59.5 Å². The van der Waals surface area contributed by atoms with Gasteiger partial charge in [0.15, 0.2) is 0 Å². The largest absolute Gasteiger partial charge is 0.355 e. The molecule has 32 heavy (non-hydrogen) atoms. The fraction of sp³-hybridized carbons (Fsp3) is 0.435. The normalized spacial score (nSPS) is 16.6. The Morgan fingerprint density at radius 1 is 1.00 bits per heavy atom. The Labute approximate surface area is 195 Å². The zero-order valence-electron chi connectivity index (χ0n) is 18.3. The summed E-state index contributed by atoms with van der Waals surface area (Å²) in [5.74, 6) is -0.338. The van der Waals surface area contributed by atoms with Gasteiger partial charge in [0.05, 0.1) is 10.9 Å². The molecule has 7 nitrogen and oxygen atoms in total. The molecular formula is C23H31ClN4O3S. The monoisotopic (exact) mass is 478 g/mol. The maximum atomic E-state index is 12.4. The molecule has 1 fully saturated rings. The predicted molar refractivity (Wildman–Crippen MR) is 127 cm³/mol. The number of carbonyl (C=O) groups excluding carboxylic acids is 1. The molecule has 0 spiro atoms. The fourth-order valence-electron chi connectivity index (χ4n) is 3.65. The van der Waals surface area contributed by atoms with Gasteiger partial charge in [-0.3, -0.25) is 9.69 Å². The van der Waals surface area contributed by atoms with Crippen molar-refractivity contribution < 1.29 is 13.2 Å². The van der Waals surface area contributed by atoms with Crippen LogP contribution in [-0.2, 0) is 21.4 Å². The summed E-state index contributed by atoms with van der Waals surface area (Å²) in [4.78, 5) is 17.2. The number of rotatable bonds is 10. The molecule has 2 N–H and O–H groups in total. The van der Waals surface area contributed by atoms with Crippen molar-refractivity contribution in [3.63, 3.8) is 0 Å². The van der Waals surface area contributed by atoms with Crippen LogP contribution in [0.2, 0.25) is 5.02 Å². The molecule has 3 rings (SSSR count). The minimum absolute atomic E-state index is 0.0768. The number of benzene rings is 2. The van der Waals surface area contributed by atoms with Crippen LogP contribution >= 0.6 is 11.6 Å². The van der Waals surface area contributed by atoms with E-state index in [0.717, 1.165) is 45.7 Å². The molecule has 0 saturated carbocycles. The molecule has 0 bridgehead atoms. The van der Waals surface area contributed by atoms with E-state index >= 15 is 0 Å². The van der Waals surface area contributed by atoms with Crippen LogP contribution in [0, 0.1) is 0 Å². The number of nitrogens with one attached hydrogen (secondary N) is 2. The second kappa shape index (κ2) is 11.8. The lowest BCUT2D eigenvalue weighted by Crippen LogP contribution is -2.47. The summed E-state index contributed by atoms with van der Waals surface area (Å²) < 4.78 is 27.2. The molecule has 1 aliphatic heterocycles. The molecule has 9 heteroatoms. The summed E-state index contributed by atoms with van der Waals surface area (Å²) >= 11 is 5.80. The van der Waals surface area contributed by atoms with Gasteiger partial charge in [-0.25, -0.2) is 8.42 Å². The third kappa shape index (κ3) is 7.56. The Kier molecular flexibility index (Phi) is 9.07. The minimum Gasteiger partial charge on any atom is -0.355 e. The van der Waals surface area contributed by atoms with Crippen LogP contribution in [0.5, 0.6) is 0 Å². The summed E-state index contributed by atoms with van der Waals surface area (Å²) in [7, 11) is -3.78. The molecule has 0 aliphatic carbocycles. The number of carbonyl (C=O) groups is 1. The average molecular weight is 479 g/mol. The minimum atomic E-state index is -3.78. The van der Waals surface area contributed by atoms with Crippen LogP contribution in [0.1, 0.15) is 18.9 Å². The number of halogens is 1. The van der Waals surface area contributed by atoms with Crippen molar-refractivity contribution in [2.24, 2.45) is 0 Å². The maximum Gasteiger partial charge on any atom is 0.241 e. The van der Waals surface area contributed by atoms with E-state index in [1.165, 1.54) is 36.8 Å². The molecule has 174 valence electrons. The first-order valence-corrected chi connectivity index (χ1v) is 12.7. The van der Waals surface area contributed by atoms with Gasteiger partial charge >= 0.3 is 0 Å². The maximum absolute atomic E-state index is 12.4. The van der Waals surface area contributed by atoms with Gasteiger partial charge in [-0.05, 0) is 49.7 Å². The number of hydrogen-bond acceptors (Lipinski definition) is 5. The highest BCUT2D eigenvalue weighted by atomic mass is 35.5. The molecule has 2 aromatic rings. The van der Waals surface area contributed by atoms with Gasteiger partial charge in [0.2, 0.25) is 15.9 Å². The van der Waals surface area contributed by atoms with Gasteiger partial charge in [-0.1, -0.05) is 41.9 Å². The zero-order chi connectivity index (χ0) is 23.0. The lowest BCUT2D eigenvalue weighted by molar-refractivity contribution is -0.122. The van der Waals surface area contributed by atoms with E-state index in [-0.39, 0.29) is 10.8 Å². The van der Waals surface area contributed by atoms with Crippen molar-refractivity contribution in [3.05, 3.63) is 65.2 Å². The summed E-state index contributed by atoms with van der Waals surface area (Å²) in [5, 5.41) is 3.27. The van der Waals surface area contributed by atoms with Gasteiger partial charge in [-0.2, -0.15) is 4.72 Å². The lowest BCUT2D eigenvalue weighted by atomic mass is 10.2. The SMILES string of the molecule is C[C@H](NS(=O)(=O)c1ccc(Cl)cc1)C(=O)NCCCN1CCN(Cc2ccccc2)CC1. The van der Waals surface area contributed by atoms with Gasteiger partial charge in [-0.15, -0.1) is 0 Å². The van der Waals surface area contributed by atoms with Crippen molar-refractivity contribution in [2.45, 2.75) is 30.8 Å². The first-order valence-electron chi connectivity index (χ1n) is 10.9. The highest BCUT2D eigenvalue weighted by Gasteiger charge is 2.22. The molecule has 0 aromatic heterocycles. The molecule has 0 radical (unpaired) electrons. The first kappa shape index (κ1) is 24.7. The third-order valence-corrected chi connectivity index (χ3v) is 7.32. The van der Waals surface area contributed by atoms with Crippen LogP contribution in [0.25, 0.3) is 0 Å². The number of piperazine rings is 1. The smallest absolute Gasteiger partial charge is 0.241 e. The van der Waals surface area contributed by atoms with Crippen molar-refractivity contribution in [1.29, 1.82) is 0 Å². The second-order valence-electron chi connectivity index (χ2n) is 8.04. The molecule has 0 unspecified atom stereocenters. The van der Waals surface area contributed by atoms with Crippen molar-refractivity contribution in [1.82, 2.24) is 19.8 Å². The molecule has 2 aromatic carbocycles. The van der Waals surface area contributed by atoms with E-state index in [2.05, 4.69) is 44.1 Å². The van der Waals surface area contributed by atoms with Gasteiger partial charge in [0.1, 0.15) is 0 Å². The number of amides is 1. The third-order valence-electron chi connectivity index (χ3n) is 5.51. The predicted octanol–water partition coefficient (Wildman–Crippen LogP) is 2.33. The number of nitrogens with zero attached hydrogens (tertiary/aromatic N) is 2. The quantitative estimate of drug-likeness (QED) is 0.512. The molecule has 1 heterocycles. The van der Waals surface area contributed by atoms with Crippen LogP contribution in [0.4, 0.5) is 0 Å². The number of sulfonamides is 1. The van der Waals surface area contributed by atoms with E-state index in [1.807, 2.05) is 6.07 Å². The Balaban J connectivity index is 1.32. The average Bonchev–Trinajstić information content (AvgIpc) is 2.78. The Morgan fingerprint density at radius 3 is 2.28 bits per heavy atom. The molecule has 1 amide bonds. The fourth-order valence-corrected chi connectivity index (χ4v) is 4.98. The van der Waals surface area contributed by atoms with E-state index in [0.29, 0.717) is 11.6 Å². The standard InChI is InChI=1S/C23H31ClN4O3S/c1-19(26-32(30,31)22-10-8-21(24)9-11-22)23(29)25-12-5-13-27-14-16-28(17-15-27)18-20-6-3-2-4-7-20/h2-4,6-11,19,26H,5,12-18H2,1H3,(H,25,29)/t19-/m0/s1. The van der Waals surface area contributed by atoms with Crippen molar-refractivity contribution in [2.75, 3.05) is 39.3 Å². The summed E-state index contributed by atoms with van der Waals surface area (Å²) in [6, 6.07) is 15.5. The van der Waals surface area contributed by atoms with Crippen molar-refractivity contribution >= 4 is 27.5 Å². The molecule has 1 atom stereocenters.